The summed E-state index contributed by atoms with van der Waals surface area (Å²) in [5.74, 6) is -1.26. The number of H-pyrrole nitrogens is 1. The van der Waals surface area contributed by atoms with Crippen LogP contribution in [-0.4, -0.2) is 22.6 Å². The Hall–Kier alpha value is -1.52. The number of aryl methyl sites for hydroxylation is 1. The molecule has 0 aliphatic heterocycles. The van der Waals surface area contributed by atoms with Crippen LogP contribution >= 0.6 is 11.6 Å². The Bertz CT molecular complexity index is 607. The standard InChI is InChI=1S/C14H17ClN2O2/c1-8-11(6-9(4-5-16)14(18)19)12-7-10(15)2-3-13(12)17-8/h2-3,7,9,17H,4-6,16H2,1H3,(H,18,19). The summed E-state index contributed by atoms with van der Waals surface area (Å²) in [6.45, 7) is 2.32. The fourth-order valence-electron chi connectivity index (χ4n) is 2.38. The molecule has 1 unspecified atom stereocenters. The number of carbonyl (C=O) groups is 1. The van der Waals surface area contributed by atoms with Gasteiger partial charge in [0.05, 0.1) is 5.92 Å². The van der Waals surface area contributed by atoms with E-state index in [0.29, 0.717) is 24.4 Å². The Labute approximate surface area is 116 Å². The summed E-state index contributed by atoms with van der Waals surface area (Å²) >= 11 is 6.01. The topological polar surface area (TPSA) is 79.1 Å². The van der Waals surface area contributed by atoms with Gasteiger partial charge in [-0.25, -0.2) is 0 Å². The highest BCUT2D eigenvalue weighted by Crippen LogP contribution is 2.28. The van der Waals surface area contributed by atoms with E-state index >= 15 is 0 Å². The Morgan fingerprint density at radius 1 is 1.53 bits per heavy atom. The summed E-state index contributed by atoms with van der Waals surface area (Å²) in [5.41, 5.74) is 8.46. The van der Waals surface area contributed by atoms with Gasteiger partial charge in [-0.05, 0) is 50.1 Å². The highest BCUT2D eigenvalue weighted by molar-refractivity contribution is 6.31. The van der Waals surface area contributed by atoms with Gasteiger partial charge in [0.15, 0.2) is 0 Å². The molecule has 4 N–H and O–H groups in total. The third-order valence-electron chi connectivity index (χ3n) is 3.40. The van der Waals surface area contributed by atoms with Crippen LogP contribution in [0.15, 0.2) is 18.2 Å². The van der Waals surface area contributed by atoms with E-state index in [4.69, 9.17) is 17.3 Å². The third-order valence-corrected chi connectivity index (χ3v) is 3.63. The zero-order valence-electron chi connectivity index (χ0n) is 10.7. The molecule has 1 aromatic heterocycles. The molecule has 1 heterocycles. The van der Waals surface area contributed by atoms with Crippen LogP contribution in [0.4, 0.5) is 0 Å². The van der Waals surface area contributed by atoms with Crippen molar-refractivity contribution in [2.45, 2.75) is 19.8 Å². The summed E-state index contributed by atoms with van der Waals surface area (Å²) in [6.07, 6.45) is 0.945. The van der Waals surface area contributed by atoms with Crippen molar-refractivity contribution < 1.29 is 9.90 Å². The van der Waals surface area contributed by atoms with Gasteiger partial charge in [-0.1, -0.05) is 11.6 Å². The molecule has 2 aromatic rings. The van der Waals surface area contributed by atoms with E-state index in [1.165, 1.54) is 0 Å². The van der Waals surface area contributed by atoms with Crippen LogP contribution < -0.4 is 5.73 Å². The molecular formula is C14H17ClN2O2. The molecule has 0 fully saturated rings. The number of hydrogen-bond donors (Lipinski definition) is 3. The van der Waals surface area contributed by atoms with Gasteiger partial charge in [0.1, 0.15) is 0 Å². The number of nitrogens with one attached hydrogen (secondary N) is 1. The Balaban J connectivity index is 2.40. The van der Waals surface area contributed by atoms with Crippen LogP contribution in [0.3, 0.4) is 0 Å². The Morgan fingerprint density at radius 2 is 2.26 bits per heavy atom. The molecule has 5 heteroatoms. The van der Waals surface area contributed by atoms with Gasteiger partial charge in [0.25, 0.3) is 0 Å². The second kappa shape index (κ2) is 5.63. The average Bonchev–Trinajstić information content (AvgIpc) is 2.65. The minimum atomic E-state index is -0.804. The van der Waals surface area contributed by atoms with Gasteiger partial charge in [-0.2, -0.15) is 0 Å². The van der Waals surface area contributed by atoms with E-state index in [2.05, 4.69) is 4.98 Å². The number of fused-ring (bicyclic) bond motifs is 1. The van der Waals surface area contributed by atoms with Gasteiger partial charge in [0, 0.05) is 21.6 Å². The van der Waals surface area contributed by atoms with Gasteiger partial charge < -0.3 is 15.8 Å². The lowest BCUT2D eigenvalue weighted by Crippen LogP contribution is -2.20. The summed E-state index contributed by atoms with van der Waals surface area (Å²) in [5, 5.41) is 10.9. The molecule has 0 aliphatic carbocycles. The molecule has 0 saturated carbocycles. The van der Waals surface area contributed by atoms with E-state index in [1.54, 1.807) is 0 Å². The molecule has 102 valence electrons. The van der Waals surface area contributed by atoms with Crippen LogP contribution in [0, 0.1) is 12.8 Å². The predicted molar refractivity (Wildman–Crippen MR) is 76.5 cm³/mol. The quantitative estimate of drug-likeness (QED) is 0.788. The number of carboxylic acid groups (broad SMARTS) is 1. The van der Waals surface area contributed by atoms with Crippen LogP contribution in [-0.2, 0) is 11.2 Å². The first-order chi connectivity index (χ1) is 9.02. The van der Waals surface area contributed by atoms with Gasteiger partial charge in [-0.3, -0.25) is 4.79 Å². The number of hydrogen-bond acceptors (Lipinski definition) is 2. The Morgan fingerprint density at radius 3 is 2.89 bits per heavy atom. The van der Waals surface area contributed by atoms with Crippen LogP contribution in [0.25, 0.3) is 10.9 Å². The maximum absolute atomic E-state index is 11.2. The fraction of sp³-hybridized carbons (Fsp3) is 0.357. The number of aromatic amines is 1. The molecule has 1 aromatic carbocycles. The fourth-order valence-corrected chi connectivity index (χ4v) is 2.55. The van der Waals surface area contributed by atoms with Crippen molar-refractivity contribution in [2.75, 3.05) is 6.54 Å². The normalized spacial score (nSPS) is 12.8. The lowest BCUT2D eigenvalue weighted by atomic mass is 9.94. The Kier molecular flexibility index (Phi) is 4.12. The smallest absolute Gasteiger partial charge is 0.306 e. The monoisotopic (exact) mass is 280 g/mol. The zero-order valence-corrected chi connectivity index (χ0v) is 11.5. The second-order valence-corrected chi connectivity index (χ2v) is 5.17. The number of carboxylic acids is 1. The SMILES string of the molecule is Cc1[nH]c2ccc(Cl)cc2c1CC(CCN)C(=O)O. The molecule has 0 bridgehead atoms. The van der Waals surface area contributed by atoms with E-state index in [0.717, 1.165) is 22.2 Å². The van der Waals surface area contributed by atoms with Crippen LogP contribution in [0.5, 0.6) is 0 Å². The maximum Gasteiger partial charge on any atom is 0.306 e. The predicted octanol–water partition coefficient (Wildman–Crippen LogP) is 2.72. The highest BCUT2D eigenvalue weighted by Gasteiger charge is 2.20. The van der Waals surface area contributed by atoms with Crippen LogP contribution in [0.2, 0.25) is 5.02 Å². The molecule has 2 rings (SSSR count). The molecule has 0 aliphatic rings. The molecule has 0 amide bonds. The lowest BCUT2D eigenvalue weighted by Gasteiger charge is -2.11. The van der Waals surface area contributed by atoms with E-state index < -0.39 is 11.9 Å². The molecule has 4 nitrogen and oxygen atoms in total. The zero-order chi connectivity index (χ0) is 14.0. The van der Waals surface area contributed by atoms with Crippen molar-refractivity contribution in [3.05, 3.63) is 34.5 Å². The second-order valence-electron chi connectivity index (χ2n) is 4.74. The summed E-state index contributed by atoms with van der Waals surface area (Å²) in [7, 11) is 0. The number of rotatable bonds is 5. The summed E-state index contributed by atoms with van der Waals surface area (Å²) in [6, 6.07) is 5.60. The van der Waals surface area contributed by atoms with Gasteiger partial charge >= 0.3 is 5.97 Å². The van der Waals surface area contributed by atoms with Gasteiger partial charge in [-0.15, -0.1) is 0 Å². The lowest BCUT2D eigenvalue weighted by molar-refractivity contribution is -0.141. The first-order valence-electron chi connectivity index (χ1n) is 6.22. The molecule has 1 atom stereocenters. The molecule has 19 heavy (non-hydrogen) atoms. The maximum atomic E-state index is 11.2. The van der Waals surface area contributed by atoms with Crippen molar-refractivity contribution >= 4 is 28.5 Å². The van der Waals surface area contributed by atoms with E-state index in [-0.39, 0.29) is 0 Å². The average molecular weight is 281 g/mol. The molecule has 0 spiro atoms. The number of nitrogens with two attached hydrogens (primary N) is 1. The third kappa shape index (κ3) is 2.91. The first kappa shape index (κ1) is 13.9. The number of halogens is 1. The summed E-state index contributed by atoms with van der Waals surface area (Å²) in [4.78, 5) is 14.5. The number of benzene rings is 1. The number of aliphatic carboxylic acids is 1. The number of aromatic nitrogens is 1. The molecule has 0 radical (unpaired) electrons. The minimum absolute atomic E-state index is 0.374. The van der Waals surface area contributed by atoms with Gasteiger partial charge in [0.2, 0.25) is 0 Å². The van der Waals surface area contributed by atoms with Crippen molar-refractivity contribution in [3.8, 4) is 0 Å². The van der Waals surface area contributed by atoms with E-state index in [9.17, 15) is 9.90 Å². The molecular weight excluding hydrogens is 264 g/mol. The first-order valence-corrected chi connectivity index (χ1v) is 6.60. The largest absolute Gasteiger partial charge is 0.481 e. The van der Waals surface area contributed by atoms with Crippen LogP contribution in [0.1, 0.15) is 17.7 Å². The molecule has 0 saturated heterocycles. The van der Waals surface area contributed by atoms with Crippen molar-refractivity contribution in [1.82, 2.24) is 4.98 Å². The van der Waals surface area contributed by atoms with Crippen molar-refractivity contribution in [3.63, 3.8) is 0 Å². The van der Waals surface area contributed by atoms with Crippen molar-refractivity contribution in [2.24, 2.45) is 11.7 Å². The summed E-state index contributed by atoms with van der Waals surface area (Å²) < 4.78 is 0. The minimum Gasteiger partial charge on any atom is -0.481 e. The highest BCUT2D eigenvalue weighted by atomic mass is 35.5. The van der Waals surface area contributed by atoms with Crippen molar-refractivity contribution in [1.29, 1.82) is 0 Å². The van der Waals surface area contributed by atoms with E-state index in [1.807, 2.05) is 25.1 Å².